The van der Waals surface area contributed by atoms with Gasteiger partial charge in [-0.25, -0.2) is 9.13 Å². The van der Waals surface area contributed by atoms with Gasteiger partial charge in [0.15, 0.2) is 12.2 Å². The van der Waals surface area contributed by atoms with E-state index in [2.05, 4.69) is 34.6 Å². The Labute approximate surface area is 543 Å². The summed E-state index contributed by atoms with van der Waals surface area (Å²) in [5.74, 6) is -1.32. The summed E-state index contributed by atoms with van der Waals surface area (Å²) in [7, 11) is -9.89. The highest BCUT2D eigenvalue weighted by Crippen LogP contribution is 2.45. The zero-order valence-electron chi connectivity index (χ0n) is 57.6. The Morgan fingerprint density at radius 3 is 0.798 bits per heavy atom. The molecule has 528 valence electrons. The molecule has 0 amide bonds. The monoisotopic (exact) mass is 1310 g/mol. The molecule has 3 unspecified atom stereocenters. The lowest BCUT2D eigenvalue weighted by Crippen LogP contribution is -2.30. The average molecular weight is 1310 g/mol. The van der Waals surface area contributed by atoms with Gasteiger partial charge in [-0.05, 0) is 31.6 Å². The summed E-state index contributed by atoms with van der Waals surface area (Å²) in [6.45, 7) is 7.20. The molecular weight excluding hydrogens is 1170 g/mol. The molecule has 0 aromatic carbocycles. The molecule has 0 rings (SSSR count). The van der Waals surface area contributed by atoms with Crippen LogP contribution >= 0.6 is 15.6 Å². The quantitative estimate of drug-likeness (QED) is 0.0222. The summed E-state index contributed by atoms with van der Waals surface area (Å²) in [5.41, 5.74) is 0. The first-order chi connectivity index (χ1) is 43.1. The lowest BCUT2D eigenvalue weighted by molar-refractivity contribution is -0.161. The zero-order chi connectivity index (χ0) is 65.6. The maximum atomic E-state index is 13.0. The van der Waals surface area contributed by atoms with Crippen molar-refractivity contribution in [2.24, 2.45) is 5.92 Å². The first-order valence-corrected chi connectivity index (χ1v) is 39.7. The number of phosphoric acid groups is 2. The van der Waals surface area contributed by atoms with Crippen LogP contribution in [0.15, 0.2) is 0 Å². The van der Waals surface area contributed by atoms with E-state index in [0.717, 1.165) is 115 Å². The van der Waals surface area contributed by atoms with Crippen molar-refractivity contribution >= 4 is 39.5 Å². The van der Waals surface area contributed by atoms with Gasteiger partial charge in [-0.1, -0.05) is 311 Å². The molecule has 89 heavy (non-hydrogen) atoms. The molecular formula is C70H136O17P2. The minimum absolute atomic E-state index is 0.105. The van der Waals surface area contributed by atoms with Crippen LogP contribution in [-0.2, 0) is 65.4 Å². The molecule has 0 heterocycles. The second-order valence-electron chi connectivity index (χ2n) is 25.5. The molecule has 6 atom stereocenters. The second-order valence-corrected chi connectivity index (χ2v) is 28.4. The number of hydrogen-bond donors (Lipinski definition) is 3. The maximum Gasteiger partial charge on any atom is 0.472 e. The number of rotatable bonds is 70. The van der Waals surface area contributed by atoms with Crippen molar-refractivity contribution in [3.05, 3.63) is 0 Å². The number of ether oxygens (including phenoxy) is 4. The normalized spacial score (nSPS) is 14.4. The smallest absolute Gasteiger partial charge is 0.462 e. The molecule has 0 saturated carbocycles. The fourth-order valence-electron chi connectivity index (χ4n) is 10.6. The molecule has 0 spiro atoms. The van der Waals surface area contributed by atoms with Crippen molar-refractivity contribution in [3.8, 4) is 0 Å². The van der Waals surface area contributed by atoms with Crippen LogP contribution in [0.25, 0.3) is 0 Å². The van der Waals surface area contributed by atoms with E-state index in [9.17, 15) is 43.2 Å². The molecule has 19 heteroatoms. The summed E-state index contributed by atoms with van der Waals surface area (Å²) in [5, 5.41) is 10.6. The third kappa shape index (κ3) is 63.2. The Balaban J connectivity index is 5.14. The molecule has 0 radical (unpaired) electrons. The lowest BCUT2D eigenvalue weighted by atomic mass is 9.99. The number of carbonyl (C=O) groups excluding carboxylic acids is 4. The molecule has 0 aromatic heterocycles. The first kappa shape index (κ1) is 87.1. The number of aliphatic hydroxyl groups is 1. The van der Waals surface area contributed by atoms with E-state index in [-0.39, 0.29) is 25.7 Å². The fraction of sp³-hybridized carbons (Fsp3) is 0.943. The van der Waals surface area contributed by atoms with Gasteiger partial charge in [-0.3, -0.25) is 37.3 Å². The fourth-order valence-corrected chi connectivity index (χ4v) is 12.2. The van der Waals surface area contributed by atoms with Gasteiger partial charge < -0.3 is 33.8 Å². The third-order valence-electron chi connectivity index (χ3n) is 16.6. The van der Waals surface area contributed by atoms with Crippen LogP contribution in [0.3, 0.4) is 0 Å². The number of aliphatic hydroxyl groups excluding tert-OH is 1. The highest BCUT2D eigenvalue weighted by molar-refractivity contribution is 7.47. The minimum Gasteiger partial charge on any atom is -0.462 e. The van der Waals surface area contributed by atoms with Crippen LogP contribution in [0.2, 0.25) is 0 Å². The van der Waals surface area contributed by atoms with Crippen LogP contribution in [0.1, 0.15) is 362 Å². The predicted octanol–water partition coefficient (Wildman–Crippen LogP) is 20.1. The Morgan fingerprint density at radius 1 is 0.315 bits per heavy atom. The Morgan fingerprint density at radius 2 is 0.539 bits per heavy atom. The largest absolute Gasteiger partial charge is 0.472 e. The molecule has 0 aliphatic carbocycles. The number of phosphoric ester groups is 2. The van der Waals surface area contributed by atoms with Gasteiger partial charge in [0.25, 0.3) is 0 Å². The van der Waals surface area contributed by atoms with E-state index in [4.69, 9.17) is 37.0 Å². The van der Waals surface area contributed by atoms with E-state index < -0.39 is 97.5 Å². The van der Waals surface area contributed by atoms with Gasteiger partial charge in [0.2, 0.25) is 0 Å². The Bertz CT molecular complexity index is 1720. The maximum absolute atomic E-state index is 13.0. The summed E-state index contributed by atoms with van der Waals surface area (Å²) in [6.07, 6.45) is 50.2. The molecule has 0 aliphatic rings. The molecule has 3 N–H and O–H groups in total. The molecule has 0 fully saturated rings. The third-order valence-corrected chi connectivity index (χ3v) is 18.5. The standard InChI is InChI=1S/C70H136O17P2/c1-6-10-13-16-19-21-22-23-24-25-26-27-28-29-30-31-36-41-46-51-56-70(75)87-66(60-81-68(73)54-49-44-40-35-33-32-34-38-42-47-52-63(5)9-4)62-85-89(78,79)83-58-64(71)57-82-88(76,77)84-61-65(59-80-67(72)53-48-43-37-18-15-12-8-3)86-69(74)55-50-45-39-20-17-14-11-7-2/h63-66,71H,6-62H2,1-5H3,(H,76,77)(H,78,79)/t63?,64-,65+,66+/m0/s1. The number of unbranched alkanes of at least 4 members (excludes halogenated alkanes) is 41. The molecule has 0 bridgehead atoms. The summed E-state index contributed by atoms with van der Waals surface area (Å²) < 4.78 is 68.1. The van der Waals surface area contributed by atoms with Gasteiger partial charge in [-0.2, -0.15) is 0 Å². The van der Waals surface area contributed by atoms with Crippen molar-refractivity contribution in [1.82, 2.24) is 0 Å². The number of esters is 4. The molecule has 17 nitrogen and oxygen atoms in total. The number of hydrogen-bond acceptors (Lipinski definition) is 15. The van der Waals surface area contributed by atoms with Crippen molar-refractivity contribution in [2.75, 3.05) is 39.6 Å². The molecule has 0 aliphatic heterocycles. The van der Waals surface area contributed by atoms with Gasteiger partial charge in [-0.15, -0.1) is 0 Å². The van der Waals surface area contributed by atoms with Gasteiger partial charge in [0.1, 0.15) is 19.3 Å². The van der Waals surface area contributed by atoms with E-state index >= 15 is 0 Å². The van der Waals surface area contributed by atoms with E-state index in [1.807, 2.05) is 0 Å². The summed E-state index contributed by atoms with van der Waals surface area (Å²) in [4.78, 5) is 72.3. The second kappa shape index (κ2) is 63.5. The topological polar surface area (TPSA) is 237 Å². The highest BCUT2D eigenvalue weighted by atomic mass is 31.2. The van der Waals surface area contributed by atoms with Crippen molar-refractivity contribution in [1.29, 1.82) is 0 Å². The average Bonchev–Trinajstić information content (AvgIpc) is 3.63. The summed E-state index contributed by atoms with van der Waals surface area (Å²) in [6, 6.07) is 0. The first-order valence-electron chi connectivity index (χ1n) is 36.7. The predicted molar refractivity (Wildman–Crippen MR) is 358 cm³/mol. The lowest BCUT2D eigenvalue weighted by Gasteiger charge is -2.21. The zero-order valence-corrected chi connectivity index (χ0v) is 59.4. The SMILES string of the molecule is CCCCCCCCCCCCCCCCCCCCCCC(=O)O[C@H](COC(=O)CCCCCCCCCCCCC(C)CC)COP(=O)(O)OC[C@@H](O)COP(=O)(O)OC[C@@H](COC(=O)CCCCCCCCC)OC(=O)CCCCCCCCCC. The van der Waals surface area contributed by atoms with Gasteiger partial charge in [0, 0.05) is 25.7 Å². The molecule has 0 aromatic rings. The summed E-state index contributed by atoms with van der Waals surface area (Å²) >= 11 is 0. The number of carbonyl (C=O) groups is 4. The Hall–Kier alpha value is -1.94. The van der Waals surface area contributed by atoms with Crippen LogP contribution in [0, 0.1) is 5.92 Å². The Kier molecular flexibility index (Phi) is 62.1. The molecule has 0 saturated heterocycles. The van der Waals surface area contributed by atoms with Crippen LogP contribution < -0.4 is 0 Å². The van der Waals surface area contributed by atoms with E-state index in [1.54, 1.807) is 0 Å². The highest BCUT2D eigenvalue weighted by Gasteiger charge is 2.30. The van der Waals surface area contributed by atoms with Gasteiger partial charge in [0.05, 0.1) is 26.4 Å². The van der Waals surface area contributed by atoms with Crippen LogP contribution in [0.5, 0.6) is 0 Å². The minimum atomic E-state index is -4.95. The van der Waals surface area contributed by atoms with Crippen LogP contribution in [0.4, 0.5) is 0 Å². The van der Waals surface area contributed by atoms with E-state index in [1.165, 1.54) is 167 Å². The van der Waals surface area contributed by atoms with E-state index in [0.29, 0.717) is 25.7 Å². The van der Waals surface area contributed by atoms with Crippen LogP contribution in [-0.4, -0.2) is 96.7 Å². The van der Waals surface area contributed by atoms with Crippen molar-refractivity contribution < 1.29 is 80.2 Å². The van der Waals surface area contributed by atoms with Crippen molar-refractivity contribution in [2.45, 2.75) is 380 Å². The van der Waals surface area contributed by atoms with Gasteiger partial charge >= 0.3 is 39.5 Å². The van der Waals surface area contributed by atoms with Crippen molar-refractivity contribution in [3.63, 3.8) is 0 Å².